The molecule has 0 aromatic heterocycles. The molecule has 0 unspecified atom stereocenters. The van der Waals surface area contributed by atoms with E-state index in [9.17, 15) is 9.59 Å². The maximum Gasteiger partial charge on any atom is 0.273 e. The summed E-state index contributed by atoms with van der Waals surface area (Å²) < 4.78 is 5.15. The molecule has 7 heteroatoms. The van der Waals surface area contributed by atoms with E-state index >= 15 is 0 Å². The van der Waals surface area contributed by atoms with Gasteiger partial charge in [0.2, 0.25) is 0 Å². The van der Waals surface area contributed by atoms with E-state index in [0.29, 0.717) is 22.0 Å². The van der Waals surface area contributed by atoms with E-state index in [4.69, 9.17) is 16.3 Å². The molecule has 29 heavy (non-hydrogen) atoms. The monoisotopic (exact) mass is 407 g/mol. The van der Waals surface area contributed by atoms with Gasteiger partial charge in [-0.2, -0.15) is 5.10 Å². The molecule has 0 atom stereocenters. The maximum atomic E-state index is 12.5. The van der Waals surface area contributed by atoms with E-state index in [1.165, 1.54) is 6.21 Å². The lowest BCUT2D eigenvalue weighted by atomic mass is 10.1. The van der Waals surface area contributed by atoms with Crippen molar-refractivity contribution in [3.8, 4) is 5.75 Å². The fourth-order valence-electron chi connectivity index (χ4n) is 2.57. The minimum absolute atomic E-state index is 0.274. The van der Waals surface area contributed by atoms with Crippen LogP contribution in [0.25, 0.3) is 0 Å². The highest BCUT2D eigenvalue weighted by Gasteiger charge is 2.15. The van der Waals surface area contributed by atoms with Crippen LogP contribution in [-0.2, 0) is 0 Å². The van der Waals surface area contributed by atoms with Crippen LogP contribution in [0.1, 0.15) is 26.3 Å². The predicted molar refractivity (Wildman–Crippen MR) is 114 cm³/mol. The Morgan fingerprint density at radius 3 is 2.41 bits per heavy atom. The van der Waals surface area contributed by atoms with E-state index < -0.39 is 11.8 Å². The van der Waals surface area contributed by atoms with Gasteiger partial charge in [-0.25, -0.2) is 5.43 Å². The summed E-state index contributed by atoms with van der Waals surface area (Å²) in [4.78, 5) is 25.0. The Morgan fingerprint density at radius 1 is 0.931 bits per heavy atom. The normalized spacial score (nSPS) is 10.6. The minimum Gasteiger partial charge on any atom is -0.497 e. The van der Waals surface area contributed by atoms with E-state index in [-0.39, 0.29) is 5.56 Å². The summed E-state index contributed by atoms with van der Waals surface area (Å²) >= 11 is 6.07. The average molecular weight is 408 g/mol. The number of ether oxygens (including phenoxy) is 1. The van der Waals surface area contributed by atoms with Gasteiger partial charge in [0.05, 0.1) is 35.2 Å². The fraction of sp³-hybridized carbons (Fsp3) is 0.0455. The molecule has 0 heterocycles. The van der Waals surface area contributed by atoms with Crippen molar-refractivity contribution in [3.05, 3.63) is 94.5 Å². The first kappa shape index (κ1) is 20.1. The zero-order valence-corrected chi connectivity index (χ0v) is 16.3. The van der Waals surface area contributed by atoms with Crippen LogP contribution in [0.5, 0.6) is 5.75 Å². The largest absolute Gasteiger partial charge is 0.497 e. The summed E-state index contributed by atoms with van der Waals surface area (Å²) in [7, 11) is 1.58. The van der Waals surface area contributed by atoms with Crippen LogP contribution in [0.4, 0.5) is 5.69 Å². The second kappa shape index (κ2) is 9.52. The number of nitrogens with zero attached hydrogens (tertiary/aromatic N) is 1. The topological polar surface area (TPSA) is 79.8 Å². The molecule has 2 amide bonds. The third-order valence-electron chi connectivity index (χ3n) is 4.01. The van der Waals surface area contributed by atoms with Crippen LogP contribution >= 0.6 is 11.6 Å². The summed E-state index contributed by atoms with van der Waals surface area (Å²) in [5.74, 6) is -0.178. The Labute approximate surface area is 173 Å². The van der Waals surface area contributed by atoms with Crippen molar-refractivity contribution >= 4 is 35.3 Å². The van der Waals surface area contributed by atoms with Crippen molar-refractivity contribution in [1.29, 1.82) is 0 Å². The number of anilines is 1. The van der Waals surface area contributed by atoms with Gasteiger partial charge in [0, 0.05) is 0 Å². The van der Waals surface area contributed by atoms with Crippen LogP contribution in [0, 0.1) is 0 Å². The van der Waals surface area contributed by atoms with Crippen molar-refractivity contribution in [1.82, 2.24) is 5.43 Å². The molecule has 2 N–H and O–H groups in total. The number of hydrogen-bond acceptors (Lipinski definition) is 4. The van der Waals surface area contributed by atoms with Gasteiger partial charge in [-0.05, 0) is 42.0 Å². The Bertz CT molecular complexity index is 1070. The second-order valence-corrected chi connectivity index (χ2v) is 6.36. The molecule has 3 rings (SSSR count). The number of para-hydroxylation sites is 1. The third kappa shape index (κ3) is 5.21. The maximum absolute atomic E-state index is 12.5. The Kier molecular flexibility index (Phi) is 6.60. The first-order valence-corrected chi connectivity index (χ1v) is 9.08. The molecule has 0 aliphatic carbocycles. The minimum atomic E-state index is -0.459. The van der Waals surface area contributed by atoms with Gasteiger partial charge in [0.15, 0.2) is 0 Å². The molecule has 3 aromatic carbocycles. The molecule has 0 saturated carbocycles. The van der Waals surface area contributed by atoms with Gasteiger partial charge in [-0.3, -0.25) is 9.59 Å². The standard InChI is InChI=1S/C22H18ClN3O3/c1-29-16-8-6-7-15(13-16)14-24-26-22(28)18-10-3-5-12-20(18)25-21(27)17-9-2-4-11-19(17)23/h2-14H,1H3,(H,25,27)(H,26,28)/b24-14-. The lowest BCUT2D eigenvalue weighted by molar-refractivity contribution is 0.0956. The summed E-state index contributed by atoms with van der Waals surface area (Å²) in [6.45, 7) is 0. The molecular weight excluding hydrogens is 390 g/mol. The average Bonchev–Trinajstić information content (AvgIpc) is 2.74. The van der Waals surface area contributed by atoms with Gasteiger partial charge in [0.1, 0.15) is 5.75 Å². The SMILES string of the molecule is COc1cccc(/C=N\NC(=O)c2ccccc2NC(=O)c2ccccc2Cl)c1. The first-order valence-electron chi connectivity index (χ1n) is 8.71. The summed E-state index contributed by atoms with van der Waals surface area (Å²) in [5, 5.41) is 7.02. The quantitative estimate of drug-likeness (QED) is 0.470. The third-order valence-corrected chi connectivity index (χ3v) is 4.34. The van der Waals surface area contributed by atoms with Gasteiger partial charge >= 0.3 is 0 Å². The molecule has 0 saturated heterocycles. The molecule has 0 bridgehead atoms. The van der Waals surface area contributed by atoms with Gasteiger partial charge in [-0.1, -0.05) is 48.0 Å². The molecule has 0 aliphatic heterocycles. The number of benzene rings is 3. The van der Waals surface area contributed by atoms with Crippen LogP contribution in [0.2, 0.25) is 5.02 Å². The van der Waals surface area contributed by atoms with E-state index in [2.05, 4.69) is 15.8 Å². The van der Waals surface area contributed by atoms with Gasteiger partial charge in [-0.15, -0.1) is 0 Å². The Hall–Kier alpha value is -3.64. The smallest absolute Gasteiger partial charge is 0.273 e. The molecular formula is C22H18ClN3O3. The number of rotatable bonds is 6. The number of methoxy groups -OCH3 is 1. The highest BCUT2D eigenvalue weighted by Crippen LogP contribution is 2.20. The van der Waals surface area contributed by atoms with E-state index in [1.54, 1.807) is 61.7 Å². The lowest BCUT2D eigenvalue weighted by Crippen LogP contribution is -2.21. The van der Waals surface area contributed by atoms with Crippen LogP contribution in [-0.4, -0.2) is 25.1 Å². The number of nitrogens with one attached hydrogen (secondary N) is 2. The number of carbonyl (C=O) groups excluding carboxylic acids is 2. The van der Waals surface area contributed by atoms with Crippen molar-refractivity contribution in [2.45, 2.75) is 0 Å². The van der Waals surface area contributed by atoms with Crippen LogP contribution < -0.4 is 15.5 Å². The number of hydrogen-bond donors (Lipinski definition) is 2. The van der Waals surface area contributed by atoms with Crippen molar-refractivity contribution in [2.24, 2.45) is 5.10 Å². The highest BCUT2D eigenvalue weighted by molar-refractivity contribution is 6.34. The number of halogens is 1. The van der Waals surface area contributed by atoms with Crippen molar-refractivity contribution in [2.75, 3.05) is 12.4 Å². The molecule has 0 spiro atoms. The van der Waals surface area contributed by atoms with Gasteiger partial charge < -0.3 is 10.1 Å². The molecule has 6 nitrogen and oxygen atoms in total. The molecule has 146 valence electrons. The molecule has 0 aliphatic rings. The van der Waals surface area contributed by atoms with E-state index in [0.717, 1.165) is 5.56 Å². The fourth-order valence-corrected chi connectivity index (χ4v) is 2.79. The van der Waals surface area contributed by atoms with Crippen molar-refractivity contribution in [3.63, 3.8) is 0 Å². The van der Waals surface area contributed by atoms with Crippen LogP contribution in [0.3, 0.4) is 0 Å². The number of hydrazone groups is 1. The summed E-state index contributed by atoms with van der Waals surface area (Å²) in [6.07, 6.45) is 1.51. The molecule has 0 fully saturated rings. The zero-order chi connectivity index (χ0) is 20.6. The number of amides is 2. The predicted octanol–water partition coefficient (Wildman–Crippen LogP) is 4.36. The molecule has 0 radical (unpaired) electrons. The Morgan fingerprint density at radius 2 is 1.66 bits per heavy atom. The number of carbonyl (C=O) groups is 2. The Balaban J connectivity index is 1.72. The summed E-state index contributed by atoms with van der Waals surface area (Å²) in [5.41, 5.74) is 4.18. The lowest BCUT2D eigenvalue weighted by Gasteiger charge is -2.10. The first-order chi connectivity index (χ1) is 14.1. The van der Waals surface area contributed by atoms with E-state index in [1.807, 2.05) is 18.2 Å². The summed E-state index contributed by atoms with van der Waals surface area (Å²) in [6, 6.07) is 20.6. The second-order valence-electron chi connectivity index (χ2n) is 5.96. The van der Waals surface area contributed by atoms with Crippen LogP contribution in [0.15, 0.2) is 77.9 Å². The zero-order valence-electron chi connectivity index (χ0n) is 15.6. The van der Waals surface area contributed by atoms with Crippen molar-refractivity contribution < 1.29 is 14.3 Å². The van der Waals surface area contributed by atoms with Gasteiger partial charge in [0.25, 0.3) is 11.8 Å². The molecule has 3 aromatic rings. The highest BCUT2D eigenvalue weighted by atomic mass is 35.5.